The molecule has 0 bridgehead atoms. The molecular weight excluding hydrogens is 255 g/mol. The molecule has 104 valence electrons. The Morgan fingerprint density at radius 3 is 2.53 bits per heavy atom. The number of aliphatic carboxylic acids is 1. The molecule has 0 saturated carbocycles. The van der Waals surface area contributed by atoms with E-state index in [1.165, 1.54) is 0 Å². The molecule has 0 fully saturated rings. The zero-order valence-electron chi connectivity index (χ0n) is 10.1. The van der Waals surface area contributed by atoms with Gasteiger partial charge in [0.1, 0.15) is 5.82 Å². The van der Waals surface area contributed by atoms with Crippen molar-refractivity contribution in [3.8, 4) is 0 Å². The van der Waals surface area contributed by atoms with E-state index in [9.17, 15) is 19.1 Å². The van der Waals surface area contributed by atoms with Crippen LogP contribution in [0, 0.1) is 5.82 Å². The molecule has 19 heavy (non-hydrogen) atoms. The number of benzene rings is 1. The van der Waals surface area contributed by atoms with E-state index >= 15 is 0 Å². The first-order valence-corrected chi connectivity index (χ1v) is 5.58. The molecular formula is C12H15FN2O4. The molecule has 1 rings (SSSR count). The Morgan fingerprint density at radius 2 is 2.00 bits per heavy atom. The van der Waals surface area contributed by atoms with Crippen LogP contribution in [0.1, 0.15) is 28.8 Å². The van der Waals surface area contributed by atoms with Gasteiger partial charge >= 0.3 is 5.97 Å². The van der Waals surface area contributed by atoms with Gasteiger partial charge in [0.15, 0.2) is 0 Å². The van der Waals surface area contributed by atoms with Crippen molar-refractivity contribution in [1.82, 2.24) is 0 Å². The number of carbonyl (C=O) groups is 2. The van der Waals surface area contributed by atoms with Crippen LogP contribution in [0.15, 0.2) is 12.1 Å². The van der Waals surface area contributed by atoms with E-state index in [0.717, 1.165) is 12.1 Å². The number of hydrogen-bond acceptors (Lipinski definition) is 4. The number of hydrogen-bond donors (Lipinski definition) is 4. The number of carboxylic acid groups (broad SMARTS) is 1. The van der Waals surface area contributed by atoms with Crippen LogP contribution in [-0.2, 0) is 11.2 Å². The minimum Gasteiger partial charge on any atom is -0.481 e. The highest BCUT2D eigenvalue weighted by atomic mass is 19.1. The van der Waals surface area contributed by atoms with E-state index in [1.807, 2.05) is 0 Å². The molecule has 0 aliphatic rings. The van der Waals surface area contributed by atoms with Gasteiger partial charge in [-0.1, -0.05) is 0 Å². The molecule has 0 aromatic heterocycles. The maximum absolute atomic E-state index is 13.3. The molecule has 0 aliphatic carbocycles. The maximum Gasteiger partial charge on any atom is 0.303 e. The van der Waals surface area contributed by atoms with Crippen LogP contribution < -0.4 is 11.5 Å². The Kier molecular flexibility index (Phi) is 4.82. The Bertz CT molecular complexity index is 505. The van der Waals surface area contributed by atoms with E-state index in [2.05, 4.69) is 0 Å². The summed E-state index contributed by atoms with van der Waals surface area (Å²) in [5.41, 5.74) is 10.8. The molecule has 0 aliphatic heterocycles. The molecule has 7 heteroatoms. The van der Waals surface area contributed by atoms with Gasteiger partial charge in [-0.05, 0) is 24.1 Å². The maximum atomic E-state index is 13.3. The predicted octanol–water partition coefficient (Wildman–Crippen LogP) is 0.275. The predicted molar refractivity (Wildman–Crippen MR) is 65.9 cm³/mol. The fraction of sp³-hybridized carbons (Fsp3) is 0.333. The molecule has 1 aromatic carbocycles. The van der Waals surface area contributed by atoms with Crippen LogP contribution in [0.2, 0.25) is 0 Å². The number of aliphatic hydroxyl groups excluding tert-OH is 1. The molecule has 0 heterocycles. The van der Waals surface area contributed by atoms with Gasteiger partial charge in [0.05, 0.1) is 11.7 Å². The number of carbonyl (C=O) groups excluding carboxylic acids is 1. The number of anilines is 1. The quantitative estimate of drug-likeness (QED) is 0.552. The number of primary amides is 1. The van der Waals surface area contributed by atoms with Crippen LogP contribution in [0.3, 0.4) is 0 Å². The van der Waals surface area contributed by atoms with Crippen molar-refractivity contribution in [3.63, 3.8) is 0 Å². The summed E-state index contributed by atoms with van der Waals surface area (Å²) < 4.78 is 13.3. The Balaban J connectivity index is 2.89. The van der Waals surface area contributed by atoms with Crippen molar-refractivity contribution in [2.45, 2.75) is 25.4 Å². The number of carboxylic acids is 1. The molecule has 1 atom stereocenters. The van der Waals surface area contributed by atoms with Crippen LogP contribution in [-0.4, -0.2) is 28.2 Å². The lowest BCUT2D eigenvalue weighted by Gasteiger charge is -2.13. The van der Waals surface area contributed by atoms with Crippen LogP contribution in [0.4, 0.5) is 10.1 Å². The van der Waals surface area contributed by atoms with Gasteiger partial charge in [0, 0.05) is 18.5 Å². The number of amides is 1. The van der Waals surface area contributed by atoms with Crippen molar-refractivity contribution < 1.29 is 24.2 Å². The van der Waals surface area contributed by atoms with Gasteiger partial charge in [-0.15, -0.1) is 0 Å². The minimum absolute atomic E-state index is 0.00303. The van der Waals surface area contributed by atoms with E-state index in [0.29, 0.717) is 0 Å². The molecule has 6 N–H and O–H groups in total. The minimum atomic E-state index is -1.04. The lowest BCUT2D eigenvalue weighted by Crippen LogP contribution is -2.18. The summed E-state index contributed by atoms with van der Waals surface area (Å²) in [6.45, 7) is 0. The van der Waals surface area contributed by atoms with Gasteiger partial charge in [-0.3, -0.25) is 9.59 Å². The van der Waals surface area contributed by atoms with Crippen molar-refractivity contribution in [2.24, 2.45) is 5.73 Å². The highest BCUT2D eigenvalue weighted by Gasteiger charge is 2.16. The van der Waals surface area contributed by atoms with Gasteiger partial charge in [0.2, 0.25) is 0 Å². The zero-order valence-corrected chi connectivity index (χ0v) is 10.1. The van der Waals surface area contributed by atoms with Crippen LogP contribution in [0.25, 0.3) is 0 Å². The summed E-state index contributed by atoms with van der Waals surface area (Å²) in [5, 5.41) is 18.1. The second kappa shape index (κ2) is 6.14. The van der Waals surface area contributed by atoms with Gasteiger partial charge in [-0.25, -0.2) is 4.39 Å². The molecule has 0 saturated heterocycles. The summed E-state index contributed by atoms with van der Waals surface area (Å²) in [4.78, 5) is 21.4. The van der Waals surface area contributed by atoms with Crippen molar-refractivity contribution in [1.29, 1.82) is 0 Å². The largest absolute Gasteiger partial charge is 0.481 e. The third kappa shape index (κ3) is 4.22. The molecule has 1 unspecified atom stereocenters. The third-order valence-electron chi connectivity index (χ3n) is 2.64. The lowest BCUT2D eigenvalue weighted by molar-refractivity contribution is -0.137. The van der Waals surface area contributed by atoms with Gasteiger partial charge in [-0.2, -0.15) is 0 Å². The Hall–Kier alpha value is -2.15. The number of rotatable bonds is 6. The van der Waals surface area contributed by atoms with E-state index < -0.39 is 23.8 Å². The molecule has 6 nitrogen and oxygen atoms in total. The standard InChI is InChI=1S/C12H15FN2O4/c13-7-3-6(4-8(16)1-2-10(17)18)11(14)9(5-7)12(15)19/h3,5,8,16H,1-2,4,14H2,(H2,15,19)(H,17,18). The van der Waals surface area contributed by atoms with E-state index in [1.54, 1.807) is 0 Å². The first-order valence-electron chi connectivity index (χ1n) is 5.58. The van der Waals surface area contributed by atoms with Crippen molar-refractivity contribution in [2.75, 3.05) is 5.73 Å². The van der Waals surface area contributed by atoms with Crippen LogP contribution >= 0.6 is 0 Å². The summed E-state index contributed by atoms with van der Waals surface area (Å²) >= 11 is 0. The number of nitrogens with two attached hydrogens (primary N) is 2. The Morgan fingerprint density at radius 1 is 1.37 bits per heavy atom. The van der Waals surface area contributed by atoms with Crippen molar-refractivity contribution >= 4 is 17.6 Å². The second-order valence-electron chi connectivity index (χ2n) is 4.18. The number of halogens is 1. The average molecular weight is 270 g/mol. The monoisotopic (exact) mass is 270 g/mol. The Labute approximate surface area is 108 Å². The summed E-state index contributed by atoms with van der Waals surface area (Å²) in [7, 11) is 0. The first kappa shape index (κ1) is 14.9. The van der Waals surface area contributed by atoms with E-state index in [4.69, 9.17) is 16.6 Å². The molecule has 0 radical (unpaired) electrons. The van der Waals surface area contributed by atoms with Crippen molar-refractivity contribution in [3.05, 3.63) is 29.1 Å². The number of nitrogen functional groups attached to an aromatic ring is 1. The first-order chi connectivity index (χ1) is 8.81. The zero-order chi connectivity index (χ0) is 14.6. The SMILES string of the molecule is NC(=O)c1cc(F)cc(CC(O)CCC(=O)O)c1N. The molecule has 1 aromatic rings. The lowest BCUT2D eigenvalue weighted by atomic mass is 9.99. The summed E-state index contributed by atoms with van der Waals surface area (Å²) in [5.74, 6) is -2.59. The topological polar surface area (TPSA) is 127 Å². The highest BCUT2D eigenvalue weighted by Crippen LogP contribution is 2.21. The van der Waals surface area contributed by atoms with Crippen LogP contribution in [0.5, 0.6) is 0 Å². The summed E-state index contributed by atoms with van der Waals surface area (Å²) in [6.07, 6.45) is -1.23. The summed E-state index contributed by atoms with van der Waals surface area (Å²) in [6, 6.07) is 2.01. The second-order valence-corrected chi connectivity index (χ2v) is 4.18. The fourth-order valence-electron chi connectivity index (χ4n) is 1.69. The fourth-order valence-corrected chi connectivity index (χ4v) is 1.69. The molecule has 0 spiro atoms. The average Bonchev–Trinajstić information content (AvgIpc) is 2.30. The molecule has 1 amide bonds. The third-order valence-corrected chi connectivity index (χ3v) is 2.64. The highest BCUT2D eigenvalue weighted by molar-refractivity contribution is 5.98. The normalized spacial score (nSPS) is 12.1. The van der Waals surface area contributed by atoms with E-state index in [-0.39, 0.29) is 36.1 Å². The van der Waals surface area contributed by atoms with Gasteiger partial charge < -0.3 is 21.7 Å². The van der Waals surface area contributed by atoms with Gasteiger partial charge in [0.25, 0.3) is 5.91 Å². The smallest absolute Gasteiger partial charge is 0.303 e. The number of aliphatic hydroxyl groups is 1.